The van der Waals surface area contributed by atoms with Gasteiger partial charge in [-0.1, -0.05) is 48.5 Å². The summed E-state index contributed by atoms with van der Waals surface area (Å²) in [6.45, 7) is 18.6. The van der Waals surface area contributed by atoms with Crippen molar-refractivity contribution in [3.8, 4) is 0 Å². The summed E-state index contributed by atoms with van der Waals surface area (Å²) in [5.41, 5.74) is -0.428. The molecule has 0 aliphatic carbocycles. The van der Waals surface area contributed by atoms with Crippen molar-refractivity contribution < 1.29 is 19.6 Å². The van der Waals surface area contributed by atoms with E-state index >= 15 is 0 Å². The summed E-state index contributed by atoms with van der Waals surface area (Å²) >= 11 is 0. The molecule has 126 valence electrons. The predicted octanol–water partition coefficient (Wildman–Crippen LogP) is 5.07. The summed E-state index contributed by atoms with van der Waals surface area (Å²) < 4.78 is 0. The normalized spacial score (nSPS) is 14.9. The van der Waals surface area contributed by atoms with Crippen LogP contribution in [0.3, 0.4) is 0 Å². The molecule has 0 bridgehead atoms. The molecule has 0 rings (SSSR count). The lowest BCUT2D eigenvalue weighted by atomic mass is 9.75. The van der Waals surface area contributed by atoms with E-state index in [0.717, 1.165) is 12.8 Å². The minimum Gasteiger partial charge on any atom is -0.269 e. The average molecular weight is 302 g/mol. The second kappa shape index (κ2) is 7.59. The first-order chi connectivity index (χ1) is 9.31. The fourth-order valence-electron chi connectivity index (χ4n) is 2.11. The van der Waals surface area contributed by atoms with Crippen LogP contribution in [0.4, 0.5) is 0 Å². The van der Waals surface area contributed by atoms with E-state index in [2.05, 4.69) is 41.5 Å². The van der Waals surface area contributed by atoms with Crippen LogP contribution in [0, 0.1) is 16.7 Å². The van der Waals surface area contributed by atoms with Crippen LogP contribution in [0.2, 0.25) is 0 Å². The Morgan fingerprint density at radius 1 is 1.05 bits per heavy atom. The van der Waals surface area contributed by atoms with Gasteiger partial charge in [0.2, 0.25) is 0 Å². The Labute approximate surface area is 130 Å². The number of carbonyl (C=O) groups is 1. The average Bonchev–Trinajstić information content (AvgIpc) is 2.25. The molecule has 0 N–H and O–H groups in total. The molecule has 4 heteroatoms. The van der Waals surface area contributed by atoms with Crippen LogP contribution >= 0.6 is 0 Å². The predicted molar refractivity (Wildman–Crippen MR) is 84.3 cm³/mol. The van der Waals surface area contributed by atoms with Crippen LogP contribution in [0.1, 0.15) is 81.6 Å². The van der Waals surface area contributed by atoms with E-state index in [-0.39, 0.29) is 16.7 Å². The molecule has 0 spiro atoms. The maximum absolute atomic E-state index is 11.7. The largest absolute Gasteiger partial charge is 0.345 e. The molecule has 0 saturated carbocycles. The van der Waals surface area contributed by atoms with Crippen molar-refractivity contribution in [3.63, 3.8) is 0 Å². The number of rotatable bonds is 8. The monoisotopic (exact) mass is 302 g/mol. The van der Waals surface area contributed by atoms with Crippen molar-refractivity contribution >= 4 is 5.97 Å². The molecule has 21 heavy (non-hydrogen) atoms. The molecule has 4 nitrogen and oxygen atoms in total. The zero-order valence-corrected chi connectivity index (χ0v) is 15.3. The highest BCUT2D eigenvalue weighted by Crippen LogP contribution is 2.36. The Bertz CT molecular complexity index is 326. The Balaban J connectivity index is 4.16. The van der Waals surface area contributed by atoms with Gasteiger partial charge in [0.25, 0.3) is 0 Å². The standard InChI is InChI=1S/C17H34O4/c1-10-16(6,7)17(8,9)20-21-19-14(18)11-13(2)12-15(3,4)5/h13H,10-12H2,1-9H3. The van der Waals surface area contributed by atoms with Gasteiger partial charge in [0, 0.05) is 0 Å². The van der Waals surface area contributed by atoms with Gasteiger partial charge in [-0.2, -0.15) is 4.89 Å². The van der Waals surface area contributed by atoms with Crippen LogP contribution in [0.5, 0.6) is 0 Å². The highest BCUT2D eigenvalue weighted by atomic mass is 17.5. The summed E-state index contributed by atoms with van der Waals surface area (Å²) in [5.74, 6) is -0.141. The van der Waals surface area contributed by atoms with Gasteiger partial charge in [0.05, 0.1) is 6.42 Å². The van der Waals surface area contributed by atoms with Gasteiger partial charge in [-0.15, -0.1) is 0 Å². The maximum atomic E-state index is 11.7. The van der Waals surface area contributed by atoms with E-state index in [1.165, 1.54) is 0 Å². The van der Waals surface area contributed by atoms with Gasteiger partial charge in [-0.05, 0) is 48.5 Å². The molecule has 1 unspecified atom stereocenters. The van der Waals surface area contributed by atoms with Gasteiger partial charge >= 0.3 is 5.97 Å². The minimum absolute atomic E-state index is 0.0844. The second-order valence-corrected chi connectivity index (χ2v) is 8.43. The topological polar surface area (TPSA) is 44.8 Å². The van der Waals surface area contributed by atoms with Crippen molar-refractivity contribution in [3.05, 3.63) is 0 Å². The van der Waals surface area contributed by atoms with E-state index in [9.17, 15) is 4.79 Å². The van der Waals surface area contributed by atoms with Crippen molar-refractivity contribution in [1.82, 2.24) is 0 Å². The summed E-state index contributed by atoms with van der Waals surface area (Å²) in [7, 11) is 0. The van der Waals surface area contributed by atoms with E-state index in [0.29, 0.717) is 6.42 Å². The molecule has 0 aromatic carbocycles. The highest BCUT2D eigenvalue weighted by Gasteiger charge is 2.38. The third-order valence-corrected chi connectivity index (χ3v) is 4.36. The van der Waals surface area contributed by atoms with Crippen molar-refractivity contribution in [2.45, 2.75) is 87.2 Å². The Morgan fingerprint density at radius 3 is 2.00 bits per heavy atom. The van der Waals surface area contributed by atoms with E-state index in [1.54, 1.807) is 0 Å². The quantitative estimate of drug-likeness (QED) is 0.464. The smallest absolute Gasteiger partial charge is 0.269 e. The van der Waals surface area contributed by atoms with Crippen molar-refractivity contribution in [2.24, 2.45) is 16.7 Å². The molecule has 0 aromatic heterocycles. The summed E-state index contributed by atoms with van der Waals surface area (Å²) in [6, 6.07) is 0. The summed E-state index contributed by atoms with van der Waals surface area (Å²) in [6.07, 6.45) is 2.22. The number of hydrogen-bond acceptors (Lipinski definition) is 4. The summed E-state index contributed by atoms with van der Waals surface area (Å²) in [4.78, 5) is 21.8. The molecule has 0 aliphatic heterocycles. The zero-order valence-electron chi connectivity index (χ0n) is 15.3. The molecule has 0 radical (unpaired) electrons. The number of carbonyl (C=O) groups excluding carboxylic acids is 1. The highest BCUT2D eigenvalue weighted by molar-refractivity contribution is 5.68. The van der Waals surface area contributed by atoms with E-state index in [1.807, 2.05) is 20.8 Å². The van der Waals surface area contributed by atoms with E-state index in [4.69, 9.17) is 14.8 Å². The fourth-order valence-corrected chi connectivity index (χ4v) is 2.11. The zero-order chi connectivity index (χ0) is 16.9. The molecule has 1 atom stereocenters. The molecule has 0 fully saturated rings. The Morgan fingerprint density at radius 2 is 1.57 bits per heavy atom. The molecule has 0 saturated heterocycles. The lowest BCUT2D eigenvalue weighted by Crippen LogP contribution is -2.41. The summed E-state index contributed by atoms with van der Waals surface area (Å²) in [5, 5.41) is 4.73. The molecular formula is C17H34O4. The van der Waals surface area contributed by atoms with Gasteiger partial charge in [0.1, 0.15) is 5.60 Å². The van der Waals surface area contributed by atoms with Crippen LogP contribution in [0.15, 0.2) is 0 Å². The van der Waals surface area contributed by atoms with Crippen molar-refractivity contribution in [2.75, 3.05) is 0 Å². The van der Waals surface area contributed by atoms with Crippen LogP contribution in [0.25, 0.3) is 0 Å². The lowest BCUT2D eigenvalue weighted by Gasteiger charge is -2.38. The van der Waals surface area contributed by atoms with Crippen LogP contribution in [-0.4, -0.2) is 11.6 Å². The number of hydrogen-bond donors (Lipinski definition) is 0. The SMILES string of the molecule is CCC(C)(C)C(C)(C)OOOC(=O)CC(C)CC(C)(C)C. The first-order valence-corrected chi connectivity index (χ1v) is 7.86. The van der Waals surface area contributed by atoms with E-state index < -0.39 is 11.6 Å². The van der Waals surface area contributed by atoms with Gasteiger partial charge < -0.3 is 0 Å². The minimum atomic E-state index is -0.543. The van der Waals surface area contributed by atoms with Crippen molar-refractivity contribution in [1.29, 1.82) is 0 Å². The van der Waals surface area contributed by atoms with Gasteiger partial charge in [-0.3, -0.25) is 4.89 Å². The second-order valence-electron chi connectivity index (χ2n) is 8.43. The first-order valence-electron chi connectivity index (χ1n) is 7.86. The molecule has 0 aromatic rings. The maximum Gasteiger partial charge on any atom is 0.345 e. The molecule has 0 amide bonds. The third-order valence-electron chi connectivity index (χ3n) is 4.36. The van der Waals surface area contributed by atoms with Gasteiger partial charge in [0.15, 0.2) is 0 Å². The Hall–Kier alpha value is -0.610. The first kappa shape index (κ1) is 20.4. The third kappa shape index (κ3) is 7.82. The van der Waals surface area contributed by atoms with Gasteiger partial charge in [-0.25, -0.2) is 4.79 Å². The fraction of sp³-hybridized carbons (Fsp3) is 0.941. The molecule has 0 heterocycles. The van der Waals surface area contributed by atoms with Crippen LogP contribution < -0.4 is 0 Å². The molecular weight excluding hydrogens is 268 g/mol. The lowest BCUT2D eigenvalue weighted by molar-refractivity contribution is -0.526. The molecule has 0 aliphatic rings. The van der Waals surface area contributed by atoms with Crippen LogP contribution in [-0.2, 0) is 19.6 Å². The Kier molecular flexibility index (Phi) is 7.37.